The maximum absolute atomic E-state index is 12.8. The Kier molecular flexibility index (Phi) is 3.52. The summed E-state index contributed by atoms with van der Waals surface area (Å²) in [7, 11) is 0. The van der Waals surface area contributed by atoms with Gasteiger partial charge in [0, 0.05) is 11.5 Å². The molecule has 0 N–H and O–H groups in total. The fourth-order valence-electron chi connectivity index (χ4n) is 1.76. The van der Waals surface area contributed by atoms with Gasteiger partial charge in [0.2, 0.25) is 11.7 Å². The third-order valence-corrected chi connectivity index (χ3v) is 2.88. The van der Waals surface area contributed by atoms with Crippen LogP contribution in [-0.4, -0.2) is 10.1 Å². The summed E-state index contributed by atoms with van der Waals surface area (Å²) in [5, 5.41) is 3.92. The van der Waals surface area contributed by atoms with E-state index in [-0.39, 0.29) is 5.82 Å². The Morgan fingerprint density at radius 1 is 1.18 bits per heavy atom. The largest absolute Gasteiger partial charge is 0.339 e. The van der Waals surface area contributed by atoms with Crippen LogP contribution >= 0.6 is 0 Å². The Morgan fingerprint density at radius 3 is 2.41 bits per heavy atom. The average Bonchev–Trinajstić information content (AvgIpc) is 2.81. The van der Waals surface area contributed by atoms with Crippen molar-refractivity contribution in [2.45, 2.75) is 32.6 Å². The normalized spacial score (nSPS) is 11.1. The molecule has 0 atom stereocenters. The van der Waals surface area contributed by atoms with Crippen LogP contribution in [0.4, 0.5) is 4.39 Å². The summed E-state index contributed by atoms with van der Waals surface area (Å²) in [6, 6.07) is 6.08. The molecule has 4 heteroatoms. The summed E-state index contributed by atoms with van der Waals surface area (Å²) in [4.78, 5) is 4.35. The molecule has 1 aromatic heterocycles. The zero-order valence-electron chi connectivity index (χ0n) is 9.98. The van der Waals surface area contributed by atoms with Gasteiger partial charge in [-0.2, -0.15) is 4.98 Å². The lowest BCUT2D eigenvalue weighted by Gasteiger charge is -2.04. The van der Waals surface area contributed by atoms with Crippen molar-refractivity contribution in [3.05, 3.63) is 36.0 Å². The maximum atomic E-state index is 12.8. The Labute approximate surface area is 99.7 Å². The van der Waals surface area contributed by atoms with E-state index in [1.165, 1.54) is 12.1 Å². The van der Waals surface area contributed by atoms with Gasteiger partial charge in [-0.15, -0.1) is 0 Å². The number of aromatic nitrogens is 2. The van der Waals surface area contributed by atoms with E-state index in [1.807, 2.05) is 0 Å². The summed E-state index contributed by atoms with van der Waals surface area (Å²) in [5.74, 6) is 1.22. The second-order valence-electron chi connectivity index (χ2n) is 3.98. The highest BCUT2D eigenvalue weighted by Gasteiger charge is 2.15. The molecule has 0 aliphatic carbocycles. The molecule has 0 unspecified atom stereocenters. The number of halogens is 1. The molecule has 0 amide bonds. The summed E-state index contributed by atoms with van der Waals surface area (Å²) in [5.41, 5.74) is 0.771. The third-order valence-electron chi connectivity index (χ3n) is 2.88. The second kappa shape index (κ2) is 5.08. The molecule has 3 nitrogen and oxygen atoms in total. The molecular weight excluding hydrogens is 219 g/mol. The van der Waals surface area contributed by atoms with E-state index in [9.17, 15) is 4.39 Å². The van der Waals surface area contributed by atoms with Crippen molar-refractivity contribution in [1.82, 2.24) is 10.1 Å². The van der Waals surface area contributed by atoms with Gasteiger partial charge in [-0.05, 0) is 37.1 Å². The molecule has 1 heterocycles. The minimum absolute atomic E-state index is 0.266. The highest BCUT2D eigenvalue weighted by Crippen LogP contribution is 2.24. The summed E-state index contributed by atoms with van der Waals surface area (Å²) in [6.07, 6.45) is 1.95. The van der Waals surface area contributed by atoms with Crippen molar-refractivity contribution in [2.75, 3.05) is 0 Å². The fourth-order valence-corrected chi connectivity index (χ4v) is 1.76. The second-order valence-corrected chi connectivity index (χ2v) is 3.98. The number of rotatable bonds is 4. The lowest BCUT2D eigenvalue weighted by atomic mass is 10.0. The predicted molar refractivity (Wildman–Crippen MR) is 63.0 cm³/mol. The van der Waals surface area contributed by atoms with Crippen LogP contribution in [-0.2, 0) is 0 Å². The van der Waals surface area contributed by atoms with Crippen LogP contribution in [0.15, 0.2) is 28.8 Å². The van der Waals surface area contributed by atoms with E-state index in [4.69, 9.17) is 4.52 Å². The zero-order valence-corrected chi connectivity index (χ0v) is 9.98. The standard InChI is InChI=1S/C13H15FN2O/c1-3-9(4-2)13-15-12(16-17-13)10-5-7-11(14)8-6-10/h5-9H,3-4H2,1-2H3. The summed E-state index contributed by atoms with van der Waals surface area (Å²) < 4.78 is 18.0. The predicted octanol–water partition coefficient (Wildman–Crippen LogP) is 3.78. The van der Waals surface area contributed by atoms with Crippen molar-refractivity contribution in [3.63, 3.8) is 0 Å². The first-order valence-corrected chi connectivity index (χ1v) is 5.84. The van der Waals surface area contributed by atoms with E-state index in [0.717, 1.165) is 18.4 Å². The van der Waals surface area contributed by atoms with Crippen LogP contribution in [0.1, 0.15) is 38.5 Å². The fraction of sp³-hybridized carbons (Fsp3) is 0.385. The van der Waals surface area contributed by atoms with Gasteiger partial charge in [0.05, 0.1) is 0 Å². The molecule has 0 aliphatic heterocycles. The van der Waals surface area contributed by atoms with E-state index in [0.29, 0.717) is 17.6 Å². The minimum Gasteiger partial charge on any atom is -0.339 e. The van der Waals surface area contributed by atoms with Gasteiger partial charge in [-0.25, -0.2) is 4.39 Å². The van der Waals surface area contributed by atoms with E-state index >= 15 is 0 Å². The van der Waals surface area contributed by atoms with Crippen molar-refractivity contribution in [2.24, 2.45) is 0 Å². The van der Waals surface area contributed by atoms with E-state index < -0.39 is 0 Å². The van der Waals surface area contributed by atoms with Crippen LogP contribution in [0, 0.1) is 5.82 Å². The van der Waals surface area contributed by atoms with Crippen molar-refractivity contribution >= 4 is 0 Å². The Balaban J connectivity index is 2.26. The monoisotopic (exact) mass is 234 g/mol. The molecule has 2 aromatic rings. The molecule has 0 bridgehead atoms. The molecule has 0 saturated heterocycles. The topological polar surface area (TPSA) is 38.9 Å². The van der Waals surface area contributed by atoms with Gasteiger partial charge in [0.1, 0.15) is 5.82 Å². The van der Waals surface area contributed by atoms with Crippen LogP contribution < -0.4 is 0 Å². The summed E-state index contributed by atoms with van der Waals surface area (Å²) >= 11 is 0. The number of hydrogen-bond donors (Lipinski definition) is 0. The average molecular weight is 234 g/mol. The summed E-state index contributed by atoms with van der Waals surface area (Å²) in [6.45, 7) is 4.19. The highest BCUT2D eigenvalue weighted by molar-refractivity contribution is 5.53. The first kappa shape index (κ1) is 11.8. The number of nitrogens with zero attached hydrogens (tertiary/aromatic N) is 2. The van der Waals surface area contributed by atoms with Gasteiger partial charge >= 0.3 is 0 Å². The zero-order chi connectivity index (χ0) is 12.3. The van der Waals surface area contributed by atoms with Gasteiger partial charge in [-0.3, -0.25) is 0 Å². The molecule has 90 valence electrons. The number of hydrogen-bond acceptors (Lipinski definition) is 3. The molecular formula is C13H15FN2O. The Hall–Kier alpha value is -1.71. The van der Waals surface area contributed by atoms with Gasteiger partial charge in [0.15, 0.2) is 0 Å². The van der Waals surface area contributed by atoms with Crippen LogP contribution in [0.2, 0.25) is 0 Å². The van der Waals surface area contributed by atoms with Crippen LogP contribution in [0.25, 0.3) is 11.4 Å². The SMILES string of the molecule is CCC(CC)c1nc(-c2ccc(F)cc2)no1. The van der Waals surface area contributed by atoms with E-state index in [2.05, 4.69) is 24.0 Å². The van der Waals surface area contributed by atoms with Gasteiger partial charge in [0.25, 0.3) is 0 Å². The maximum Gasteiger partial charge on any atom is 0.230 e. The van der Waals surface area contributed by atoms with Gasteiger partial charge in [-0.1, -0.05) is 19.0 Å². The van der Waals surface area contributed by atoms with Crippen molar-refractivity contribution < 1.29 is 8.91 Å². The lowest BCUT2D eigenvalue weighted by molar-refractivity contribution is 0.346. The Bertz CT molecular complexity index is 474. The molecule has 17 heavy (non-hydrogen) atoms. The highest BCUT2D eigenvalue weighted by atomic mass is 19.1. The van der Waals surface area contributed by atoms with Crippen molar-refractivity contribution in [3.8, 4) is 11.4 Å². The lowest BCUT2D eigenvalue weighted by Crippen LogP contribution is -1.95. The smallest absolute Gasteiger partial charge is 0.230 e. The van der Waals surface area contributed by atoms with Crippen molar-refractivity contribution in [1.29, 1.82) is 0 Å². The first-order chi connectivity index (χ1) is 8.24. The molecule has 2 rings (SSSR count). The Morgan fingerprint density at radius 2 is 1.82 bits per heavy atom. The molecule has 1 aromatic carbocycles. The van der Waals surface area contributed by atoms with Crippen LogP contribution in [0.3, 0.4) is 0 Å². The third kappa shape index (κ3) is 2.52. The first-order valence-electron chi connectivity index (χ1n) is 5.84. The molecule has 0 saturated carbocycles. The van der Waals surface area contributed by atoms with Crippen LogP contribution in [0.5, 0.6) is 0 Å². The quantitative estimate of drug-likeness (QED) is 0.808. The minimum atomic E-state index is -0.266. The molecule has 0 radical (unpaired) electrons. The molecule has 0 spiro atoms. The molecule has 0 fully saturated rings. The number of benzene rings is 1. The van der Waals surface area contributed by atoms with E-state index in [1.54, 1.807) is 12.1 Å². The molecule has 0 aliphatic rings. The van der Waals surface area contributed by atoms with Gasteiger partial charge < -0.3 is 4.52 Å².